The highest BCUT2D eigenvalue weighted by Gasteiger charge is 2.10. The van der Waals surface area contributed by atoms with Crippen LogP contribution >= 0.6 is 11.6 Å². The van der Waals surface area contributed by atoms with Gasteiger partial charge in [0.25, 0.3) is 5.91 Å². The standard InChI is InChI=1S/C13H16ClNO3.C2H3N.C2H6/c1-8(2)18-12-5-4-10(6-11(12)14)13(17)15-7-9(3)16;1-2-3;1-2/h4-6,8H,7H2,1-3H3,(H,15,17);1H3;1-2H3. The van der Waals surface area contributed by atoms with Gasteiger partial charge in [0.15, 0.2) is 0 Å². The molecule has 1 amide bonds. The largest absolute Gasteiger partial charge is 0.489 e. The second kappa shape index (κ2) is 13.6. The molecule has 6 heteroatoms. The zero-order valence-electron chi connectivity index (χ0n) is 14.6. The number of benzene rings is 1. The van der Waals surface area contributed by atoms with E-state index in [1.807, 2.05) is 27.7 Å². The van der Waals surface area contributed by atoms with E-state index < -0.39 is 0 Å². The molecule has 128 valence electrons. The van der Waals surface area contributed by atoms with E-state index in [0.29, 0.717) is 16.3 Å². The second-order valence-electron chi connectivity index (χ2n) is 4.42. The van der Waals surface area contributed by atoms with Gasteiger partial charge in [-0.2, -0.15) is 5.26 Å². The fourth-order valence-electron chi connectivity index (χ4n) is 1.30. The van der Waals surface area contributed by atoms with E-state index in [-0.39, 0.29) is 24.3 Å². The summed E-state index contributed by atoms with van der Waals surface area (Å²) in [7, 11) is 0. The second-order valence-corrected chi connectivity index (χ2v) is 4.83. The van der Waals surface area contributed by atoms with Gasteiger partial charge < -0.3 is 10.1 Å². The number of nitrogens with one attached hydrogen (secondary N) is 1. The summed E-state index contributed by atoms with van der Waals surface area (Å²) in [6, 6.07) is 6.53. The Labute approximate surface area is 143 Å². The molecule has 0 aliphatic rings. The van der Waals surface area contributed by atoms with Gasteiger partial charge in [-0.05, 0) is 39.0 Å². The highest BCUT2D eigenvalue weighted by molar-refractivity contribution is 6.32. The number of carbonyl (C=O) groups excluding carboxylic acids is 2. The molecule has 0 unspecified atom stereocenters. The first-order valence-corrected chi connectivity index (χ1v) is 7.74. The van der Waals surface area contributed by atoms with Crippen molar-refractivity contribution in [3.05, 3.63) is 28.8 Å². The smallest absolute Gasteiger partial charge is 0.251 e. The van der Waals surface area contributed by atoms with Crippen LogP contribution in [0.25, 0.3) is 0 Å². The van der Waals surface area contributed by atoms with Gasteiger partial charge in [0.1, 0.15) is 11.5 Å². The highest BCUT2D eigenvalue weighted by atomic mass is 35.5. The first-order valence-electron chi connectivity index (χ1n) is 7.36. The Morgan fingerprint density at radius 1 is 1.35 bits per heavy atom. The number of carbonyl (C=O) groups is 2. The van der Waals surface area contributed by atoms with Crippen molar-refractivity contribution in [2.45, 2.75) is 47.6 Å². The van der Waals surface area contributed by atoms with Gasteiger partial charge >= 0.3 is 0 Å². The maximum atomic E-state index is 11.7. The monoisotopic (exact) mass is 340 g/mol. The van der Waals surface area contributed by atoms with E-state index in [1.54, 1.807) is 18.2 Å². The van der Waals surface area contributed by atoms with E-state index in [4.69, 9.17) is 21.6 Å². The Morgan fingerprint density at radius 2 is 1.87 bits per heavy atom. The number of nitriles is 1. The molecule has 0 saturated heterocycles. The minimum atomic E-state index is -0.330. The zero-order chi connectivity index (χ0) is 18.4. The number of nitrogens with zero attached hydrogens (tertiary/aromatic N) is 1. The Hall–Kier alpha value is -2.06. The van der Waals surface area contributed by atoms with Gasteiger partial charge in [0, 0.05) is 12.5 Å². The van der Waals surface area contributed by atoms with E-state index in [1.165, 1.54) is 19.9 Å². The van der Waals surface area contributed by atoms with Gasteiger partial charge in [-0.3, -0.25) is 9.59 Å². The van der Waals surface area contributed by atoms with Gasteiger partial charge in [-0.25, -0.2) is 0 Å². The summed E-state index contributed by atoms with van der Waals surface area (Å²) >= 11 is 6.01. The molecule has 1 N–H and O–H groups in total. The summed E-state index contributed by atoms with van der Waals surface area (Å²) in [5, 5.41) is 10.2. The number of ketones is 1. The van der Waals surface area contributed by atoms with Crippen molar-refractivity contribution in [3.8, 4) is 11.8 Å². The molecule has 0 aromatic heterocycles. The normalized spacial score (nSPS) is 8.65. The summed E-state index contributed by atoms with van der Waals surface area (Å²) < 4.78 is 5.46. The van der Waals surface area contributed by atoms with Crippen LogP contribution in [0.1, 0.15) is 51.9 Å². The van der Waals surface area contributed by atoms with Crippen LogP contribution in [0.4, 0.5) is 0 Å². The topological polar surface area (TPSA) is 79.2 Å². The maximum absolute atomic E-state index is 11.7. The molecule has 0 atom stereocenters. The SMILES string of the molecule is CC.CC#N.CC(=O)CNC(=O)c1ccc(OC(C)C)c(Cl)c1. The number of Topliss-reactive ketones (excluding diaryl/α,β-unsaturated/α-hetero) is 1. The first-order chi connectivity index (χ1) is 10.8. The Balaban J connectivity index is 0. The molecule has 0 fully saturated rings. The number of hydrogen-bond donors (Lipinski definition) is 1. The summed E-state index contributed by atoms with van der Waals surface area (Å²) in [5.74, 6) is 0.104. The predicted octanol–water partition coefficient (Wildman–Crippen LogP) is 4.00. The van der Waals surface area contributed by atoms with Crippen LogP contribution in [0.5, 0.6) is 5.75 Å². The lowest BCUT2D eigenvalue weighted by Crippen LogP contribution is -2.28. The Kier molecular flexibility index (Phi) is 13.7. The fraction of sp³-hybridized carbons (Fsp3) is 0.471. The van der Waals surface area contributed by atoms with Gasteiger partial charge in [0.2, 0.25) is 0 Å². The average molecular weight is 341 g/mol. The molecule has 1 rings (SSSR count). The molecule has 0 heterocycles. The molecule has 23 heavy (non-hydrogen) atoms. The van der Waals surface area contributed by atoms with Gasteiger partial charge in [-0.15, -0.1) is 0 Å². The maximum Gasteiger partial charge on any atom is 0.251 e. The molecule has 0 saturated carbocycles. The molecule has 0 spiro atoms. The lowest BCUT2D eigenvalue weighted by atomic mass is 10.2. The number of halogens is 1. The third-order valence-corrected chi connectivity index (χ3v) is 2.35. The average Bonchev–Trinajstić information content (AvgIpc) is 2.49. The molecular weight excluding hydrogens is 316 g/mol. The molecule has 0 aliphatic carbocycles. The van der Waals surface area contributed by atoms with Crippen LogP contribution in [-0.4, -0.2) is 24.3 Å². The van der Waals surface area contributed by atoms with Crippen LogP contribution in [0, 0.1) is 11.3 Å². The number of amides is 1. The number of rotatable bonds is 5. The molecular formula is C17H25ClN2O3. The van der Waals surface area contributed by atoms with Crippen molar-refractivity contribution >= 4 is 23.3 Å². The summed E-state index contributed by atoms with van der Waals surface area (Å²) in [5.41, 5.74) is 0.400. The zero-order valence-corrected chi connectivity index (χ0v) is 15.3. The third-order valence-electron chi connectivity index (χ3n) is 2.05. The third kappa shape index (κ3) is 11.2. The summed E-state index contributed by atoms with van der Waals surface area (Å²) in [6.45, 7) is 10.6. The lowest BCUT2D eigenvalue weighted by molar-refractivity contribution is -0.116. The molecule has 1 aromatic carbocycles. The summed E-state index contributed by atoms with van der Waals surface area (Å²) in [4.78, 5) is 22.4. The van der Waals surface area contributed by atoms with Crippen molar-refractivity contribution in [1.82, 2.24) is 5.32 Å². The van der Waals surface area contributed by atoms with Gasteiger partial charge in [-0.1, -0.05) is 25.4 Å². The van der Waals surface area contributed by atoms with Crippen molar-refractivity contribution in [3.63, 3.8) is 0 Å². The highest BCUT2D eigenvalue weighted by Crippen LogP contribution is 2.26. The quantitative estimate of drug-likeness (QED) is 0.878. The van der Waals surface area contributed by atoms with Crippen molar-refractivity contribution in [2.24, 2.45) is 0 Å². The molecule has 1 aromatic rings. The summed E-state index contributed by atoms with van der Waals surface area (Å²) in [6.07, 6.45) is 0.0138. The molecule has 5 nitrogen and oxygen atoms in total. The van der Waals surface area contributed by atoms with Crippen molar-refractivity contribution in [1.29, 1.82) is 5.26 Å². The minimum Gasteiger partial charge on any atom is -0.489 e. The Bertz CT molecular complexity index is 537. The van der Waals surface area contributed by atoms with E-state index in [2.05, 4.69) is 5.32 Å². The van der Waals surface area contributed by atoms with Crippen LogP contribution in [0.2, 0.25) is 5.02 Å². The first kappa shape index (κ1) is 23.2. The van der Waals surface area contributed by atoms with Crippen LogP contribution in [-0.2, 0) is 4.79 Å². The van der Waals surface area contributed by atoms with E-state index in [0.717, 1.165) is 0 Å². The van der Waals surface area contributed by atoms with Gasteiger partial charge in [0.05, 0.1) is 23.7 Å². The molecule has 0 radical (unpaired) electrons. The van der Waals surface area contributed by atoms with Crippen LogP contribution in [0.3, 0.4) is 0 Å². The van der Waals surface area contributed by atoms with Crippen molar-refractivity contribution < 1.29 is 14.3 Å². The molecule has 0 aliphatic heterocycles. The van der Waals surface area contributed by atoms with Crippen LogP contribution < -0.4 is 10.1 Å². The fourth-order valence-corrected chi connectivity index (χ4v) is 1.52. The number of ether oxygens (including phenoxy) is 1. The number of hydrogen-bond acceptors (Lipinski definition) is 4. The van der Waals surface area contributed by atoms with E-state index >= 15 is 0 Å². The Morgan fingerprint density at radius 3 is 2.26 bits per heavy atom. The molecule has 0 bridgehead atoms. The minimum absolute atomic E-state index is 0.0138. The van der Waals surface area contributed by atoms with Crippen LogP contribution in [0.15, 0.2) is 18.2 Å². The van der Waals surface area contributed by atoms with E-state index in [9.17, 15) is 9.59 Å². The lowest BCUT2D eigenvalue weighted by Gasteiger charge is -2.12. The predicted molar refractivity (Wildman–Crippen MR) is 92.9 cm³/mol. The van der Waals surface area contributed by atoms with Crippen molar-refractivity contribution in [2.75, 3.05) is 6.54 Å².